The summed E-state index contributed by atoms with van der Waals surface area (Å²) in [5.41, 5.74) is 26.9. The summed E-state index contributed by atoms with van der Waals surface area (Å²) in [6.07, 6.45) is 1.97. The molecule has 67 heavy (non-hydrogen) atoms. The van der Waals surface area contributed by atoms with Crippen molar-refractivity contribution in [1.82, 2.24) is 0 Å². The van der Waals surface area contributed by atoms with E-state index in [0.717, 1.165) is 22.6 Å². The molecule has 13 rings (SSSR count). The lowest BCUT2D eigenvalue weighted by Gasteiger charge is -2.31. The summed E-state index contributed by atoms with van der Waals surface area (Å²) in [5, 5.41) is 0. The van der Waals surface area contributed by atoms with Crippen LogP contribution in [0.4, 0.5) is 17.1 Å². The van der Waals surface area contributed by atoms with Gasteiger partial charge in [0.2, 0.25) is 0 Å². The Bertz CT molecular complexity index is 3620. The van der Waals surface area contributed by atoms with E-state index in [1.807, 2.05) is 6.08 Å². The van der Waals surface area contributed by atoms with E-state index in [0.29, 0.717) is 0 Å². The minimum Gasteiger partial charge on any atom is -0.310 e. The fourth-order valence-electron chi connectivity index (χ4n) is 12.0. The smallest absolute Gasteiger partial charge is 0.0725 e. The summed E-state index contributed by atoms with van der Waals surface area (Å²) < 4.78 is 0. The Labute approximate surface area is 393 Å². The molecule has 10 aromatic rings. The fourth-order valence-corrected chi connectivity index (χ4v) is 12.0. The lowest BCUT2D eigenvalue weighted by atomic mass is 9.70. The molecule has 1 heteroatoms. The molecule has 0 heterocycles. The largest absolute Gasteiger partial charge is 0.310 e. The molecule has 0 aliphatic heterocycles. The molecule has 0 radical (unpaired) electrons. The molecule has 3 aliphatic carbocycles. The van der Waals surface area contributed by atoms with Crippen LogP contribution in [0.15, 0.2) is 237 Å². The molecule has 0 N–H and O–H groups in total. The van der Waals surface area contributed by atoms with Crippen LogP contribution < -0.4 is 4.90 Å². The van der Waals surface area contributed by atoms with Crippen molar-refractivity contribution >= 4 is 23.1 Å². The van der Waals surface area contributed by atoms with Gasteiger partial charge in [-0.1, -0.05) is 208 Å². The Balaban J connectivity index is 0.983. The number of hydrogen-bond acceptors (Lipinski definition) is 1. The van der Waals surface area contributed by atoms with Gasteiger partial charge in [-0.2, -0.15) is 0 Å². The number of benzene rings is 10. The monoisotopic (exact) mass is 853 g/mol. The van der Waals surface area contributed by atoms with E-state index in [4.69, 9.17) is 0 Å². The second kappa shape index (κ2) is 14.9. The topological polar surface area (TPSA) is 3.24 Å². The molecular formula is C66H47N. The Kier molecular flexibility index (Phi) is 8.70. The van der Waals surface area contributed by atoms with Crippen molar-refractivity contribution in [2.75, 3.05) is 4.90 Å². The maximum absolute atomic E-state index is 4.18. The third-order valence-corrected chi connectivity index (χ3v) is 15.1. The number of hydrogen-bond donors (Lipinski definition) is 0. The van der Waals surface area contributed by atoms with Crippen LogP contribution in [0, 0.1) is 0 Å². The average Bonchev–Trinajstić information content (AvgIpc) is 3.94. The molecule has 0 saturated heterocycles. The SMILES string of the molecule is C=Cc1ccccc1-c1ccc2c(c1)C1(c3ccccc3-c3ccc(-c4cccc(N(c5ccc(-c6ccccc6)cc5)c5ccc6c(c5)C(C)(C)c5ccccc5-6)c4)cc31)c1ccccc1-2. The molecule has 0 saturated carbocycles. The highest BCUT2D eigenvalue weighted by molar-refractivity contribution is 5.97. The van der Waals surface area contributed by atoms with Crippen LogP contribution in [0.1, 0.15) is 52.8 Å². The molecule has 316 valence electrons. The van der Waals surface area contributed by atoms with E-state index in [-0.39, 0.29) is 5.41 Å². The summed E-state index contributed by atoms with van der Waals surface area (Å²) in [5.74, 6) is 0. The van der Waals surface area contributed by atoms with Gasteiger partial charge in [0.15, 0.2) is 0 Å². The molecule has 0 amide bonds. The first-order chi connectivity index (χ1) is 32.9. The molecule has 1 nitrogen and oxygen atoms in total. The molecule has 3 aliphatic rings. The molecule has 1 unspecified atom stereocenters. The average molecular weight is 854 g/mol. The van der Waals surface area contributed by atoms with Gasteiger partial charge in [-0.05, 0) is 154 Å². The molecular weight excluding hydrogens is 807 g/mol. The van der Waals surface area contributed by atoms with Crippen molar-refractivity contribution in [1.29, 1.82) is 0 Å². The van der Waals surface area contributed by atoms with E-state index in [9.17, 15) is 0 Å². The lowest BCUT2D eigenvalue weighted by Crippen LogP contribution is -2.26. The maximum Gasteiger partial charge on any atom is 0.0725 e. The Morgan fingerprint density at radius 2 is 0.761 bits per heavy atom. The second-order valence-corrected chi connectivity index (χ2v) is 18.9. The number of rotatable bonds is 7. The van der Waals surface area contributed by atoms with E-state index < -0.39 is 5.41 Å². The highest BCUT2D eigenvalue weighted by Crippen LogP contribution is 2.63. The summed E-state index contributed by atoms with van der Waals surface area (Å²) in [6.45, 7) is 8.91. The number of nitrogens with zero attached hydrogens (tertiary/aromatic N) is 1. The zero-order valence-electron chi connectivity index (χ0n) is 37.7. The lowest BCUT2D eigenvalue weighted by molar-refractivity contribution is 0.660. The maximum atomic E-state index is 4.18. The molecule has 10 aromatic carbocycles. The van der Waals surface area contributed by atoms with Crippen LogP contribution in [0.5, 0.6) is 0 Å². The highest BCUT2D eigenvalue weighted by atomic mass is 15.1. The van der Waals surface area contributed by atoms with Crippen molar-refractivity contribution in [2.24, 2.45) is 0 Å². The van der Waals surface area contributed by atoms with Crippen molar-refractivity contribution < 1.29 is 0 Å². The molecule has 1 atom stereocenters. The zero-order chi connectivity index (χ0) is 44.9. The first kappa shape index (κ1) is 39.1. The first-order valence-corrected chi connectivity index (χ1v) is 23.4. The van der Waals surface area contributed by atoms with Gasteiger partial charge < -0.3 is 4.90 Å². The van der Waals surface area contributed by atoms with Crippen molar-refractivity contribution in [3.05, 3.63) is 276 Å². The van der Waals surface area contributed by atoms with Crippen molar-refractivity contribution in [3.63, 3.8) is 0 Å². The summed E-state index contributed by atoms with van der Waals surface area (Å²) in [7, 11) is 0. The van der Waals surface area contributed by atoms with Crippen LogP contribution in [-0.4, -0.2) is 0 Å². The molecule has 0 fully saturated rings. The first-order valence-electron chi connectivity index (χ1n) is 23.4. The zero-order valence-corrected chi connectivity index (χ0v) is 37.7. The van der Waals surface area contributed by atoms with Gasteiger partial charge in [-0.3, -0.25) is 0 Å². The normalized spacial score (nSPS) is 15.3. The summed E-state index contributed by atoms with van der Waals surface area (Å²) >= 11 is 0. The van der Waals surface area contributed by atoms with Gasteiger partial charge in [0.25, 0.3) is 0 Å². The molecule has 1 spiro atoms. The quantitative estimate of drug-likeness (QED) is 0.154. The molecule has 0 bridgehead atoms. The van der Waals surface area contributed by atoms with Crippen molar-refractivity contribution in [3.8, 4) is 66.8 Å². The van der Waals surface area contributed by atoms with Gasteiger partial charge in [0, 0.05) is 22.5 Å². The van der Waals surface area contributed by atoms with Crippen LogP contribution in [0.25, 0.3) is 72.8 Å². The number of anilines is 3. The number of fused-ring (bicyclic) bond motifs is 13. The Hall–Kier alpha value is -8.26. The minimum absolute atomic E-state index is 0.127. The Morgan fingerprint density at radius 1 is 0.313 bits per heavy atom. The third-order valence-electron chi connectivity index (χ3n) is 15.1. The standard InChI is InChI=1S/C66H47N/c1-4-43-17-8-9-22-52(43)48-32-37-58-55-25-12-15-28-61(55)66(64(58)41-48)60-27-14-11-24-54(60)57-36-31-47(40-63(57)66)46-20-16-21-50(39-46)67(49-33-29-45(30-34-49)44-18-6-5-7-19-44)51-35-38-56-53-23-10-13-26-59(53)65(2,3)62(56)42-51/h4-42H,1H2,2-3H3. The van der Waals surface area contributed by atoms with Gasteiger partial charge in [0.1, 0.15) is 0 Å². The Morgan fingerprint density at radius 3 is 1.45 bits per heavy atom. The van der Waals surface area contributed by atoms with Gasteiger partial charge in [-0.15, -0.1) is 0 Å². The van der Waals surface area contributed by atoms with Crippen molar-refractivity contribution in [2.45, 2.75) is 24.7 Å². The second-order valence-electron chi connectivity index (χ2n) is 18.9. The van der Waals surface area contributed by atoms with Crippen LogP contribution in [-0.2, 0) is 10.8 Å². The van der Waals surface area contributed by atoms with E-state index in [1.54, 1.807) is 0 Å². The van der Waals surface area contributed by atoms with E-state index >= 15 is 0 Å². The van der Waals surface area contributed by atoms with Gasteiger partial charge >= 0.3 is 0 Å². The fraction of sp³-hybridized carbons (Fsp3) is 0.0606. The predicted octanol–water partition coefficient (Wildman–Crippen LogP) is 17.5. The van der Waals surface area contributed by atoms with Crippen LogP contribution in [0.3, 0.4) is 0 Å². The molecule has 0 aromatic heterocycles. The van der Waals surface area contributed by atoms with Gasteiger partial charge in [0.05, 0.1) is 5.41 Å². The third kappa shape index (κ3) is 5.74. The summed E-state index contributed by atoms with van der Waals surface area (Å²) in [6, 6.07) is 85.9. The minimum atomic E-state index is -0.494. The van der Waals surface area contributed by atoms with E-state index in [1.165, 1.54) is 100 Å². The van der Waals surface area contributed by atoms with Crippen LogP contribution in [0.2, 0.25) is 0 Å². The van der Waals surface area contributed by atoms with Gasteiger partial charge in [-0.25, -0.2) is 0 Å². The van der Waals surface area contributed by atoms with E-state index in [2.05, 4.69) is 256 Å². The highest BCUT2D eigenvalue weighted by Gasteiger charge is 2.51. The predicted molar refractivity (Wildman–Crippen MR) is 281 cm³/mol. The summed E-state index contributed by atoms with van der Waals surface area (Å²) in [4.78, 5) is 2.44. The van der Waals surface area contributed by atoms with Crippen LogP contribution >= 0.6 is 0 Å².